The number of benzene rings is 1. The van der Waals surface area contributed by atoms with Crippen LogP contribution in [-0.4, -0.2) is 39.5 Å². The highest BCUT2D eigenvalue weighted by Crippen LogP contribution is 2.15. The molecule has 0 amide bonds. The van der Waals surface area contributed by atoms with Gasteiger partial charge >= 0.3 is 0 Å². The molecule has 0 unspecified atom stereocenters. The van der Waals surface area contributed by atoms with Crippen molar-refractivity contribution >= 4 is 26.0 Å². The quantitative estimate of drug-likeness (QED) is 0.723. The Hall–Kier alpha value is -0.430. The first kappa shape index (κ1) is 17.6. The zero-order chi connectivity index (χ0) is 15.2. The second-order valence-corrected chi connectivity index (χ2v) is 7.82. The van der Waals surface area contributed by atoms with Gasteiger partial charge in [-0.05, 0) is 58.5 Å². The zero-order valence-corrected chi connectivity index (χ0v) is 14.7. The van der Waals surface area contributed by atoms with E-state index in [-0.39, 0.29) is 0 Å². The number of nitrogens with one attached hydrogen (secondary N) is 1. The molecule has 0 heterocycles. The van der Waals surface area contributed by atoms with E-state index in [1.807, 2.05) is 0 Å². The predicted octanol–water partition coefficient (Wildman–Crippen LogP) is 2.85. The molecule has 1 N–H and O–H groups in total. The van der Waals surface area contributed by atoms with Crippen LogP contribution < -0.4 is 4.72 Å². The van der Waals surface area contributed by atoms with Crippen LogP contribution in [0.2, 0.25) is 0 Å². The van der Waals surface area contributed by atoms with Crippen molar-refractivity contribution in [2.45, 2.75) is 37.6 Å². The molecule has 0 bridgehead atoms. The smallest absolute Gasteiger partial charge is 0.240 e. The summed E-state index contributed by atoms with van der Waals surface area (Å²) >= 11 is 3.28. The molecule has 0 aliphatic heterocycles. The van der Waals surface area contributed by atoms with E-state index in [2.05, 4.69) is 46.4 Å². The molecular weight excluding hydrogens is 340 g/mol. The maximum atomic E-state index is 12.0. The van der Waals surface area contributed by atoms with Crippen molar-refractivity contribution in [1.29, 1.82) is 0 Å². The van der Waals surface area contributed by atoms with Crippen molar-refractivity contribution in [2.24, 2.45) is 0 Å². The summed E-state index contributed by atoms with van der Waals surface area (Å²) < 4.78 is 27.5. The minimum atomic E-state index is -3.39. The monoisotopic (exact) mass is 362 g/mol. The van der Waals surface area contributed by atoms with E-state index in [0.717, 1.165) is 23.9 Å². The Balaban J connectivity index is 2.38. The lowest BCUT2D eigenvalue weighted by atomic mass is 10.2. The van der Waals surface area contributed by atoms with Crippen LogP contribution in [0.25, 0.3) is 0 Å². The van der Waals surface area contributed by atoms with Gasteiger partial charge in [-0.3, -0.25) is 0 Å². The molecule has 0 spiro atoms. The molecule has 1 aromatic rings. The van der Waals surface area contributed by atoms with E-state index in [4.69, 9.17) is 0 Å². The Morgan fingerprint density at radius 2 is 2.00 bits per heavy atom. The molecule has 0 atom stereocenters. The number of halogens is 1. The van der Waals surface area contributed by atoms with Crippen molar-refractivity contribution in [1.82, 2.24) is 9.62 Å². The first-order valence-corrected chi connectivity index (χ1v) is 9.06. The fourth-order valence-corrected chi connectivity index (χ4v) is 3.34. The molecule has 0 aliphatic carbocycles. The molecule has 20 heavy (non-hydrogen) atoms. The summed E-state index contributed by atoms with van der Waals surface area (Å²) in [6.45, 7) is 5.75. The van der Waals surface area contributed by atoms with Gasteiger partial charge in [0.05, 0.1) is 4.90 Å². The molecule has 0 radical (unpaired) electrons. The van der Waals surface area contributed by atoms with Crippen molar-refractivity contribution in [2.75, 3.05) is 20.1 Å². The SMILES string of the molecule is CC(C)N(C)CCCCNS(=O)(=O)c1cccc(Br)c1. The number of nitrogens with zero attached hydrogens (tertiary/aromatic N) is 1. The molecule has 1 aromatic carbocycles. The summed E-state index contributed by atoms with van der Waals surface area (Å²) in [6, 6.07) is 7.25. The number of hydrogen-bond acceptors (Lipinski definition) is 3. The summed E-state index contributed by atoms with van der Waals surface area (Å²) in [4.78, 5) is 2.55. The van der Waals surface area contributed by atoms with Gasteiger partial charge in [-0.2, -0.15) is 0 Å². The van der Waals surface area contributed by atoms with E-state index in [1.165, 1.54) is 0 Å². The predicted molar refractivity (Wildman–Crippen MR) is 86.3 cm³/mol. The molecule has 1 rings (SSSR count). The van der Waals surface area contributed by atoms with Gasteiger partial charge < -0.3 is 4.90 Å². The van der Waals surface area contributed by atoms with Gasteiger partial charge in [-0.25, -0.2) is 13.1 Å². The van der Waals surface area contributed by atoms with Crippen molar-refractivity contribution < 1.29 is 8.42 Å². The van der Waals surface area contributed by atoms with E-state index >= 15 is 0 Å². The van der Waals surface area contributed by atoms with Crippen molar-refractivity contribution in [3.63, 3.8) is 0 Å². The lowest BCUT2D eigenvalue weighted by Gasteiger charge is -2.20. The van der Waals surface area contributed by atoms with Gasteiger partial charge in [-0.15, -0.1) is 0 Å². The highest BCUT2D eigenvalue weighted by molar-refractivity contribution is 9.10. The third-order valence-electron chi connectivity index (χ3n) is 3.22. The van der Waals surface area contributed by atoms with Crippen LogP contribution in [0.5, 0.6) is 0 Å². The highest BCUT2D eigenvalue weighted by Gasteiger charge is 2.13. The fourth-order valence-electron chi connectivity index (χ4n) is 1.67. The van der Waals surface area contributed by atoms with Crippen LogP contribution in [0, 0.1) is 0 Å². The van der Waals surface area contributed by atoms with Gasteiger partial charge in [0.25, 0.3) is 0 Å². The molecular formula is C14H23BrN2O2S. The summed E-state index contributed by atoms with van der Waals surface area (Å²) in [5, 5.41) is 0. The van der Waals surface area contributed by atoms with E-state index < -0.39 is 10.0 Å². The number of sulfonamides is 1. The molecule has 6 heteroatoms. The Morgan fingerprint density at radius 1 is 1.30 bits per heavy atom. The lowest BCUT2D eigenvalue weighted by molar-refractivity contribution is 0.268. The molecule has 0 saturated heterocycles. The minimum absolute atomic E-state index is 0.297. The lowest BCUT2D eigenvalue weighted by Crippen LogP contribution is -2.29. The minimum Gasteiger partial charge on any atom is -0.304 e. The van der Waals surface area contributed by atoms with Gasteiger partial charge in [0.1, 0.15) is 0 Å². The second kappa shape index (κ2) is 8.12. The van der Waals surface area contributed by atoms with Crippen LogP contribution in [0.15, 0.2) is 33.6 Å². The Labute approximate surface area is 130 Å². The topological polar surface area (TPSA) is 49.4 Å². The fraction of sp³-hybridized carbons (Fsp3) is 0.571. The standard InChI is InChI=1S/C14H23BrN2O2S/c1-12(2)17(3)10-5-4-9-16-20(18,19)14-8-6-7-13(15)11-14/h6-8,11-12,16H,4-5,9-10H2,1-3H3. The normalized spacial score (nSPS) is 12.3. The van der Waals surface area contributed by atoms with Gasteiger partial charge in [0.15, 0.2) is 0 Å². The van der Waals surface area contributed by atoms with Crippen LogP contribution in [0.4, 0.5) is 0 Å². The Kier molecular flexibility index (Phi) is 7.15. The largest absolute Gasteiger partial charge is 0.304 e. The zero-order valence-electron chi connectivity index (χ0n) is 12.3. The van der Waals surface area contributed by atoms with Crippen LogP contribution in [0.3, 0.4) is 0 Å². The van der Waals surface area contributed by atoms with E-state index in [1.54, 1.807) is 24.3 Å². The molecule has 0 saturated carbocycles. The summed E-state index contributed by atoms with van der Waals surface area (Å²) in [7, 11) is -1.31. The maximum absolute atomic E-state index is 12.0. The number of hydrogen-bond donors (Lipinski definition) is 1. The molecule has 4 nitrogen and oxygen atoms in total. The summed E-state index contributed by atoms with van der Waals surface area (Å²) in [5.74, 6) is 0. The molecule has 0 fully saturated rings. The van der Waals surface area contributed by atoms with Gasteiger partial charge in [-0.1, -0.05) is 22.0 Å². The first-order chi connectivity index (χ1) is 9.33. The van der Waals surface area contributed by atoms with Crippen LogP contribution in [-0.2, 0) is 10.0 Å². The van der Waals surface area contributed by atoms with Crippen LogP contribution in [0.1, 0.15) is 26.7 Å². The average Bonchev–Trinajstić information content (AvgIpc) is 2.37. The Morgan fingerprint density at radius 3 is 2.60 bits per heavy atom. The maximum Gasteiger partial charge on any atom is 0.240 e. The van der Waals surface area contributed by atoms with Crippen LogP contribution >= 0.6 is 15.9 Å². The Bertz CT molecular complexity index is 518. The third kappa shape index (κ3) is 5.91. The second-order valence-electron chi connectivity index (χ2n) is 5.14. The molecule has 114 valence electrons. The average molecular weight is 363 g/mol. The highest BCUT2D eigenvalue weighted by atomic mass is 79.9. The van der Waals surface area contributed by atoms with Crippen molar-refractivity contribution in [3.8, 4) is 0 Å². The number of unbranched alkanes of at least 4 members (excludes halogenated alkanes) is 1. The first-order valence-electron chi connectivity index (χ1n) is 6.78. The van der Waals surface area contributed by atoms with E-state index in [0.29, 0.717) is 17.5 Å². The molecule has 0 aliphatic rings. The summed E-state index contributed by atoms with van der Waals surface area (Å²) in [6.07, 6.45) is 1.82. The van der Waals surface area contributed by atoms with Crippen molar-refractivity contribution in [3.05, 3.63) is 28.7 Å². The number of rotatable bonds is 8. The molecule has 0 aromatic heterocycles. The third-order valence-corrected chi connectivity index (χ3v) is 5.17. The van der Waals surface area contributed by atoms with Gasteiger partial charge in [0, 0.05) is 17.1 Å². The van der Waals surface area contributed by atoms with Gasteiger partial charge in [0.2, 0.25) is 10.0 Å². The summed E-state index contributed by atoms with van der Waals surface area (Å²) in [5.41, 5.74) is 0. The van der Waals surface area contributed by atoms with E-state index in [9.17, 15) is 8.42 Å².